The van der Waals surface area contributed by atoms with E-state index in [-0.39, 0.29) is 35.3 Å². The lowest BCUT2D eigenvalue weighted by Gasteiger charge is -2.31. The van der Waals surface area contributed by atoms with Crippen LogP contribution in [0, 0.1) is 5.82 Å². The number of aliphatic hydroxyl groups excluding tert-OH is 1. The lowest BCUT2D eigenvalue weighted by molar-refractivity contribution is -0.265. The Labute approximate surface area is 242 Å². The first-order valence-electron chi connectivity index (χ1n) is 13.2. The van der Waals surface area contributed by atoms with E-state index in [1.807, 2.05) is 13.8 Å². The Bertz CT molecular complexity index is 1320. The summed E-state index contributed by atoms with van der Waals surface area (Å²) >= 11 is 0. The van der Waals surface area contributed by atoms with Crippen LogP contribution in [-0.2, 0) is 5.60 Å². The van der Waals surface area contributed by atoms with E-state index >= 15 is 0 Å². The average Bonchev–Trinajstić information content (AvgIpc) is 2.99. The highest BCUT2D eigenvalue weighted by atomic mass is 19.4. The molecule has 230 valence electrons. The van der Waals surface area contributed by atoms with Crippen molar-refractivity contribution in [2.45, 2.75) is 51.0 Å². The zero-order valence-electron chi connectivity index (χ0n) is 24.1. The number of ether oxygens (including phenoxy) is 2. The summed E-state index contributed by atoms with van der Waals surface area (Å²) in [6.07, 6.45) is -4.66. The van der Waals surface area contributed by atoms with Crippen LogP contribution in [0.15, 0.2) is 54.6 Å². The Morgan fingerprint density at radius 1 is 1.05 bits per heavy atom. The Morgan fingerprint density at radius 2 is 1.69 bits per heavy atom. The van der Waals surface area contributed by atoms with Crippen molar-refractivity contribution >= 4 is 5.91 Å². The topological polar surface area (TPSA) is 127 Å². The number of halogens is 4. The van der Waals surface area contributed by atoms with Gasteiger partial charge in [0.25, 0.3) is 5.91 Å². The minimum absolute atomic E-state index is 0.0134. The van der Waals surface area contributed by atoms with Crippen LogP contribution in [-0.4, -0.2) is 60.7 Å². The number of benzene rings is 2. The van der Waals surface area contributed by atoms with E-state index in [0.29, 0.717) is 11.3 Å². The van der Waals surface area contributed by atoms with Crippen molar-refractivity contribution in [3.05, 3.63) is 77.2 Å². The summed E-state index contributed by atoms with van der Waals surface area (Å²) in [6, 6.07) is 11.6. The maximum Gasteiger partial charge on any atom is 0.424 e. The largest absolute Gasteiger partial charge is 0.493 e. The van der Waals surface area contributed by atoms with Gasteiger partial charge in [-0.15, -0.1) is 0 Å². The molecule has 0 bridgehead atoms. The molecule has 1 heterocycles. The Balaban J connectivity index is 0.00000301. The van der Waals surface area contributed by atoms with Gasteiger partial charge in [0, 0.05) is 23.7 Å². The zero-order valence-corrected chi connectivity index (χ0v) is 24.1. The molecule has 0 saturated heterocycles. The van der Waals surface area contributed by atoms with Crippen LogP contribution >= 0.6 is 0 Å². The van der Waals surface area contributed by atoms with E-state index < -0.39 is 41.7 Å². The van der Waals surface area contributed by atoms with E-state index in [1.54, 1.807) is 6.92 Å². The fraction of sp³-hybridized carbons (Fsp3) is 0.400. The van der Waals surface area contributed by atoms with Crippen molar-refractivity contribution in [3.8, 4) is 22.8 Å². The first-order valence-corrected chi connectivity index (χ1v) is 13.2. The molecule has 1 aromatic heterocycles. The smallest absolute Gasteiger partial charge is 0.424 e. The second-order valence-electron chi connectivity index (χ2n) is 9.50. The van der Waals surface area contributed by atoms with Gasteiger partial charge in [-0.3, -0.25) is 4.79 Å². The van der Waals surface area contributed by atoms with Crippen molar-refractivity contribution in [1.29, 1.82) is 0 Å². The predicted octanol–water partition coefficient (Wildman–Crippen LogP) is 4.92. The molecular weight excluding hydrogens is 558 g/mol. The molecule has 0 fully saturated rings. The number of pyridine rings is 1. The molecule has 0 saturated carbocycles. The van der Waals surface area contributed by atoms with E-state index in [0.717, 1.165) is 24.6 Å². The molecule has 1 amide bonds. The highest BCUT2D eigenvalue weighted by Crippen LogP contribution is 2.40. The van der Waals surface area contributed by atoms with Crippen LogP contribution in [0.4, 0.5) is 17.6 Å². The van der Waals surface area contributed by atoms with Gasteiger partial charge in [-0.25, -0.2) is 9.37 Å². The molecule has 2 aromatic carbocycles. The molecule has 3 rings (SSSR count). The van der Waals surface area contributed by atoms with Gasteiger partial charge in [0.05, 0.1) is 31.1 Å². The molecule has 12 heteroatoms. The highest BCUT2D eigenvalue weighted by molar-refractivity contribution is 5.95. The van der Waals surface area contributed by atoms with E-state index in [4.69, 9.17) is 9.47 Å². The van der Waals surface area contributed by atoms with Gasteiger partial charge in [-0.05, 0) is 80.6 Å². The number of amides is 1. The third-order valence-corrected chi connectivity index (χ3v) is 6.56. The van der Waals surface area contributed by atoms with E-state index in [2.05, 4.69) is 16.0 Å². The first-order chi connectivity index (χ1) is 19.8. The number of hydrogen-bond donors (Lipinski definition) is 4. The summed E-state index contributed by atoms with van der Waals surface area (Å²) < 4.78 is 67.6. The number of aromatic nitrogens is 1. The molecule has 5 N–H and O–H groups in total. The quantitative estimate of drug-likeness (QED) is 0.232. The minimum atomic E-state index is -5.25. The SMILES string of the molecule is CCC(C)Oc1ccc(C(=O)NCC(O)(c2cc(C(C)CO)cc(-c3ccc(F)cc3)n2)C(F)(F)F)cc1OC.CN. The van der Waals surface area contributed by atoms with Crippen molar-refractivity contribution in [3.63, 3.8) is 0 Å². The number of methoxy groups -OCH3 is 1. The van der Waals surface area contributed by atoms with Gasteiger partial charge in [-0.1, -0.05) is 13.8 Å². The first kappa shape index (κ1) is 34.5. The number of rotatable bonds is 11. The molecule has 0 aliphatic heterocycles. The van der Waals surface area contributed by atoms with E-state index in [1.165, 1.54) is 50.6 Å². The lowest BCUT2D eigenvalue weighted by atomic mass is 9.92. The van der Waals surface area contributed by atoms with Crippen LogP contribution in [0.25, 0.3) is 11.3 Å². The number of nitrogens with two attached hydrogens (primary N) is 1. The molecule has 3 unspecified atom stereocenters. The van der Waals surface area contributed by atoms with Gasteiger partial charge in [-0.2, -0.15) is 13.2 Å². The number of hydrogen-bond acceptors (Lipinski definition) is 7. The van der Waals surface area contributed by atoms with Crippen LogP contribution in [0.5, 0.6) is 11.5 Å². The van der Waals surface area contributed by atoms with Crippen molar-refractivity contribution < 1.29 is 42.0 Å². The number of nitrogens with one attached hydrogen (secondary N) is 1. The standard InChI is InChI=1S/C29H32F4N2O5.CH5N/c1-5-18(3)40-24-11-8-20(13-25(24)39-4)27(37)34-16-28(38,29(31,32)33)26-14-21(17(2)15-36)12-23(35-26)19-6-9-22(30)10-7-19;1-2/h6-14,17-18,36,38H,5,15-16H2,1-4H3,(H,34,37);2H2,1H3. The number of carbonyl (C=O) groups is 1. The third kappa shape index (κ3) is 8.17. The molecule has 0 aliphatic carbocycles. The molecule has 0 aliphatic rings. The summed E-state index contributed by atoms with van der Waals surface area (Å²) in [5.74, 6) is -1.45. The second kappa shape index (κ2) is 14.9. The van der Waals surface area contributed by atoms with Gasteiger partial charge in [0.1, 0.15) is 5.82 Å². The van der Waals surface area contributed by atoms with Crippen LogP contribution in [0.2, 0.25) is 0 Å². The average molecular weight is 596 g/mol. The molecule has 0 radical (unpaired) electrons. The third-order valence-electron chi connectivity index (χ3n) is 6.56. The number of alkyl halides is 3. The van der Waals surface area contributed by atoms with Gasteiger partial charge in [0.15, 0.2) is 11.5 Å². The monoisotopic (exact) mass is 595 g/mol. The maximum absolute atomic E-state index is 14.4. The molecule has 3 atom stereocenters. The van der Waals surface area contributed by atoms with E-state index in [9.17, 15) is 32.6 Å². The summed E-state index contributed by atoms with van der Waals surface area (Å²) in [6.45, 7) is 3.73. The molecule has 0 spiro atoms. The zero-order chi connectivity index (χ0) is 31.7. The fourth-order valence-corrected chi connectivity index (χ4v) is 3.77. The van der Waals surface area contributed by atoms with Crippen LogP contribution < -0.4 is 20.5 Å². The van der Waals surface area contributed by atoms with Gasteiger partial charge >= 0.3 is 6.18 Å². The normalized spacial score (nSPS) is 14.1. The van der Waals surface area contributed by atoms with Crippen LogP contribution in [0.1, 0.15) is 54.7 Å². The molecule has 8 nitrogen and oxygen atoms in total. The summed E-state index contributed by atoms with van der Waals surface area (Å²) in [7, 11) is 2.87. The second-order valence-corrected chi connectivity index (χ2v) is 9.50. The highest BCUT2D eigenvalue weighted by Gasteiger charge is 2.56. The fourth-order valence-electron chi connectivity index (χ4n) is 3.77. The Morgan fingerprint density at radius 3 is 2.24 bits per heavy atom. The van der Waals surface area contributed by atoms with Crippen LogP contribution in [0.3, 0.4) is 0 Å². The van der Waals surface area contributed by atoms with Crippen molar-refractivity contribution in [2.24, 2.45) is 5.73 Å². The molecule has 42 heavy (non-hydrogen) atoms. The summed E-state index contributed by atoms with van der Waals surface area (Å²) in [5, 5.41) is 22.8. The number of aliphatic hydroxyl groups is 2. The Kier molecular flexibility index (Phi) is 12.3. The summed E-state index contributed by atoms with van der Waals surface area (Å²) in [5.41, 5.74) is 0.709. The number of carbonyl (C=O) groups excluding carboxylic acids is 1. The Hall–Kier alpha value is -3.74. The minimum Gasteiger partial charge on any atom is -0.493 e. The van der Waals surface area contributed by atoms with Crippen molar-refractivity contribution in [2.75, 3.05) is 27.3 Å². The van der Waals surface area contributed by atoms with Gasteiger partial charge < -0.3 is 30.7 Å². The van der Waals surface area contributed by atoms with Crippen molar-refractivity contribution in [1.82, 2.24) is 10.3 Å². The maximum atomic E-state index is 14.4. The summed E-state index contributed by atoms with van der Waals surface area (Å²) in [4.78, 5) is 16.9. The number of nitrogens with zero attached hydrogens (tertiary/aromatic N) is 1. The lowest BCUT2D eigenvalue weighted by Crippen LogP contribution is -2.51. The predicted molar refractivity (Wildman–Crippen MR) is 151 cm³/mol. The van der Waals surface area contributed by atoms with Gasteiger partial charge in [0.2, 0.25) is 5.60 Å². The molecular formula is C30H37F4N3O5. The molecule has 3 aromatic rings.